The molecular formula is C12H19NO4. The molecule has 96 valence electrons. The highest BCUT2D eigenvalue weighted by Crippen LogP contribution is 2.34. The number of nitrogens with one attached hydrogen (secondary N) is 1. The summed E-state index contributed by atoms with van der Waals surface area (Å²) in [6.45, 7) is 7.36. The fourth-order valence-corrected chi connectivity index (χ4v) is 1.72. The lowest BCUT2D eigenvalue weighted by molar-refractivity contribution is -0.127. The predicted molar refractivity (Wildman–Crippen MR) is 62.4 cm³/mol. The number of ether oxygens (including phenoxy) is 1. The van der Waals surface area contributed by atoms with Crippen LogP contribution in [-0.4, -0.2) is 41.7 Å². The maximum absolute atomic E-state index is 11.5. The number of carbonyl (C=O) groups is 2. The average Bonchev–Trinajstić information content (AvgIpc) is 2.46. The van der Waals surface area contributed by atoms with Crippen molar-refractivity contribution in [3.8, 4) is 0 Å². The maximum atomic E-state index is 11.5. The lowest BCUT2D eigenvalue weighted by atomic mass is 9.82. The molecule has 2 N–H and O–H groups in total. The lowest BCUT2D eigenvalue weighted by Gasteiger charge is -2.33. The van der Waals surface area contributed by atoms with Gasteiger partial charge in [-0.2, -0.15) is 0 Å². The molecule has 1 aliphatic rings. The van der Waals surface area contributed by atoms with Crippen LogP contribution in [0.1, 0.15) is 26.7 Å². The van der Waals surface area contributed by atoms with Gasteiger partial charge in [0.1, 0.15) is 5.60 Å². The number of unbranched alkanes of at least 4 members (excludes halogenated alkanes) is 1. The van der Waals surface area contributed by atoms with Gasteiger partial charge >= 0.3 is 0 Å². The second-order valence-corrected chi connectivity index (χ2v) is 4.50. The second kappa shape index (κ2) is 4.98. The summed E-state index contributed by atoms with van der Waals surface area (Å²) in [4.78, 5) is 22.7. The summed E-state index contributed by atoms with van der Waals surface area (Å²) in [7, 11) is 0. The molecule has 5 nitrogen and oxygen atoms in total. The minimum Gasteiger partial charge on any atom is -0.382 e. The highest BCUT2D eigenvalue weighted by molar-refractivity contribution is 6.03. The van der Waals surface area contributed by atoms with E-state index in [1.54, 1.807) is 0 Å². The Balaban J connectivity index is 2.78. The van der Waals surface area contributed by atoms with Crippen LogP contribution in [0.15, 0.2) is 12.2 Å². The Hall–Kier alpha value is -1.20. The van der Waals surface area contributed by atoms with E-state index in [1.165, 1.54) is 6.92 Å². The first-order chi connectivity index (χ1) is 7.91. The molecule has 0 aromatic rings. The first-order valence-corrected chi connectivity index (χ1v) is 5.69. The minimum absolute atomic E-state index is 0.0105. The summed E-state index contributed by atoms with van der Waals surface area (Å²) < 4.78 is 5.34. The van der Waals surface area contributed by atoms with E-state index in [0.717, 1.165) is 12.8 Å². The Morgan fingerprint density at radius 1 is 1.59 bits per heavy atom. The van der Waals surface area contributed by atoms with Crippen LogP contribution in [0.25, 0.3) is 0 Å². The monoisotopic (exact) mass is 241 g/mol. The van der Waals surface area contributed by atoms with E-state index in [-0.39, 0.29) is 12.2 Å². The Labute approximate surface area is 101 Å². The molecule has 17 heavy (non-hydrogen) atoms. The van der Waals surface area contributed by atoms with Gasteiger partial charge in [0.25, 0.3) is 5.91 Å². The summed E-state index contributed by atoms with van der Waals surface area (Å²) in [5, 5.41) is 12.7. The zero-order chi connectivity index (χ0) is 13.1. The van der Waals surface area contributed by atoms with E-state index in [4.69, 9.17) is 4.74 Å². The van der Waals surface area contributed by atoms with Crippen LogP contribution in [0.5, 0.6) is 0 Å². The lowest BCUT2D eigenvalue weighted by Crippen LogP contribution is -2.60. The number of carbonyl (C=O) groups excluding carboxylic acids is 2. The number of hydrogen-bond donors (Lipinski definition) is 2. The van der Waals surface area contributed by atoms with E-state index < -0.39 is 17.0 Å². The SMILES string of the molecule is C=C1C(=O)N[C@](C=O)(COCCCC)[C@@]1(C)O. The fraction of sp³-hybridized carbons (Fsp3) is 0.667. The first-order valence-electron chi connectivity index (χ1n) is 5.69. The predicted octanol–water partition coefficient (Wildman–Crippen LogP) is 0.178. The molecule has 1 aliphatic heterocycles. The molecule has 0 saturated carbocycles. The van der Waals surface area contributed by atoms with Crippen molar-refractivity contribution in [2.75, 3.05) is 13.2 Å². The molecule has 2 atom stereocenters. The number of hydrogen-bond acceptors (Lipinski definition) is 4. The van der Waals surface area contributed by atoms with Crippen LogP contribution >= 0.6 is 0 Å². The van der Waals surface area contributed by atoms with Crippen molar-refractivity contribution in [2.24, 2.45) is 0 Å². The van der Waals surface area contributed by atoms with Gasteiger partial charge in [-0.05, 0) is 13.3 Å². The van der Waals surface area contributed by atoms with Crippen molar-refractivity contribution in [1.82, 2.24) is 5.32 Å². The second-order valence-electron chi connectivity index (χ2n) is 4.50. The summed E-state index contributed by atoms with van der Waals surface area (Å²) in [6.07, 6.45) is 2.37. The smallest absolute Gasteiger partial charge is 0.250 e. The molecule has 1 heterocycles. The van der Waals surface area contributed by atoms with Gasteiger partial charge in [0.2, 0.25) is 0 Å². The highest BCUT2D eigenvalue weighted by Gasteiger charge is 2.57. The minimum atomic E-state index is -1.61. The van der Waals surface area contributed by atoms with Gasteiger partial charge in [0.05, 0.1) is 6.61 Å². The van der Waals surface area contributed by atoms with Gasteiger partial charge in [-0.3, -0.25) is 4.79 Å². The highest BCUT2D eigenvalue weighted by atomic mass is 16.5. The van der Waals surface area contributed by atoms with Crippen molar-refractivity contribution in [3.05, 3.63) is 12.2 Å². The van der Waals surface area contributed by atoms with Gasteiger partial charge in [-0.25, -0.2) is 0 Å². The number of rotatable bonds is 6. The third-order valence-electron chi connectivity index (χ3n) is 3.24. The first kappa shape index (κ1) is 13.9. The molecule has 5 heteroatoms. The maximum Gasteiger partial charge on any atom is 0.250 e. The van der Waals surface area contributed by atoms with Crippen LogP contribution < -0.4 is 5.32 Å². The summed E-state index contributed by atoms with van der Waals surface area (Å²) in [6, 6.07) is 0. The summed E-state index contributed by atoms with van der Waals surface area (Å²) in [5.41, 5.74) is -3.05. The third-order valence-corrected chi connectivity index (χ3v) is 3.24. The Morgan fingerprint density at radius 2 is 2.24 bits per heavy atom. The average molecular weight is 241 g/mol. The zero-order valence-corrected chi connectivity index (χ0v) is 10.3. The molecule has 0 aromatic heterocycles. The normalized spacial score (nSPS) is 32.6. The Bertz CT molecular complexity index is 337. The molecule has 0 spiro atoms. The van der Waals surface area contributed by atoms with Crippen molar-refractivity contribution in [3.63, 3.8) is 0 Å². The van der Waals surface area contributed by atoms with E-state index in [2.05, 4.69) is 11.9 Å². The van der Waals surface area contributed by atoms with Crippen LogP contribution in [0.2, 0.25) is 0 Å². The van der Waals surface area contributed by atoms with Crippen LogP contribution in [0.3, 0.4) is 0 Å². The molecule has 1 rings (SSSR count). The standard InChI is InChI=1S/C12H19NO4/c1-4-5-6-17-8-12(7-14)11(3,16)9(2)10(15)13-12/h7,16H,2,4-6,8H2,1,3H3,(H,13,15)/t11-,12+/m0/s1. The molecule has 1 saturated heterocycles. The van der Waals surface area contributed by atoms with E-state index in [0.29, 0.717) is 12.9 Å². The van der Waals surface area contributed by atoms with Gasteiger partial charge in [0.15, 0.2) is 11.8 Å². The van der Waals surface area contributed by atoms with Gasteiger partial charge in [-0.1, -0.05) is 19.9 Å². The van der Waals surface area contributed by atoms with Crippen molar-refractivity contribution < 1.29 is 19.4 Å². The fourth-order valence-electron chi connectivity index (χ4n) is 1.72. The van der Waals surface area contributed by atoms with E-state index >= 15 is 0 Å². The van der Waals surface area contributed by atoms with Gasteiger partial charge < -0.3 is 20.0 Å². The van der Waals surface area contributed by atoms with E-state index in [1.807, 2.05) is 6.92 Å². The number of amides is 1. The molecule has 0 aromatic carbocycles. The Kier molecular flexibility index (Phi) is 4.06. The van der Waals surface area contributed by atoms with Crippen molar-refractivity contribution >= 4 is 12.2 Å². The molecular weight excluding hydrogens is 222 g/mol. The third kappa shape index (κ3) is 2.25. The van der Waals surface area contributed by atoms with Crippen LogP contribution in [0, 0.1) is 0 Å². The van der Waals surface area contributed by atoms with Crippen LogP contribution in [-0.2, 0) is 14.3 Å². The Morgan fingerprint density at radius 3 is 2.65 bits per heavy atom. The quantitative estimate of drug-likeness (QED) is 0.395. The summed E-state index contributed by atoms with van der Waals surface area (Å²) >= 11 is 0. The molecule has 1 amide bonds. The van der Waals surface area contributed by atoms with Gasteiger partial charge in [0, 0.05) is 12.2 Å². The molecule has 0 bridgehead atoms. The van der Waals surface area contributed by atoms with Crippen LogP contribution in [0.4, 0.5) is 0 Å². The molecule has 0 unspecified atom stereocenters. The zero-order valence-electron chi connectivity index (χ0n) is 10.3. The summed E-state index contributed by atoms with van der Waals surface area (Å²) in [5.74, 6) is -0.513. The topological polar surface area (TPSA) is 75.6 Å². The number of aldehydes is 1. The van der Waals surface area contributed by atoms with Crippen molar-refractivity contribution in [1.29, 1.82) is 0 Å². The van der Waals surface area contributed by atoms with Crippen molar-refractivity contribution in [2.45, 2.75) is 37.8 Å². The van der Waals surface area contributed by atoms with Gasteiger partial charge in [-0.15, -0.1) is 0 Å². The molecule has 1 fully saturated rings. The number of aliphatic hydroxyl groups is 1. The van der Waals surface area contributed by atoms with E-state index in [9.17, 15) is 14.7 Å². The molecule has 0 radical (unpaired) electrons. The molecule has 0 aliphatic carbocycles. The largest absolute Gasteiger partial charge is 0.382 e.